The smallest absolute Gasteiger partial charge is 0.303 e. The lowest BCUT2D eigenvalue weighted by Crippen LogP contribution is -1.97. The number of hydrogen-bond acceptors (Lipinski definition) is 5. The van der Waals surface area contributed by atoms with Gasteiger partial charge in [-0.25, -0.2) is 4.98 Å². The Morgan fingerprint density at radius 2 is 2.00 bits per heavy atom. The molecule has 1 N–H and O–H groups in total. The van der Waals surface area contributed by atoms with E-state index in [0.29, 0.717) is 24.5 Å². The largest absolute Gasteiger partial charge is 0.493 e. The maximum absolute atomic E-state index is 11.1. The van der Waals surface area contributed by atoms with Gasteiger partial charge in [-0.3, -0.25) is 4.79 Å². The summed E-state index contributed by atoms with van der Waals surface area (Å²) < 4.78 is 12.1. The first-order valence-electron chi connectivity index (χ1n) is 8.70. The van der Waals surface area contributed by atoms with Crippen molar-refractivity contribution in [2.75, 3.05) is 13.7 Å². The molecule has 140 valence electrons. The molecule has 0 bridgehead atoms. The summed E-state index contributed by atoms with van der Waals surface area (Å²) in [5.74, 6) is 0.503. The molecule has 0 fully saturated rings. The maximum Gasteiger partial charge on any atom is 0.303 e. The fourth-order valence-electron chi connectivity index (χ4n) is 2.74. The Hall–Kier alpha value is -2.86. The Kier molecular flexibility index (Phi) is 6.08. The van der Waals surface area contributed by atoms with E-state index in [1.807, 2.05) is 55.5 Å². The number of methoxy groups -OCH3 is 1. The van der Waals surface area contributed by atoms with Crippen molar-refractivity contribution in [3.63, 3.8) is 0 Å². The molecule has 0 amide bonds. The molecule has 0 unspecified atom stereocenters. The highest BCUT2D eigenvalue weighted by molar-refractivity contribution is 7.19. The molecule has 5 nitrogen and oxygen atoms in total. The van der Waals surface area contributed by atoms with E-state index in [9.17, 15) is 4.79 Å². The quantitative estimate of drug-likeness (QED) is 0.585. The zero-order valence-electron chi connectivity index (χ0n) is 15.3. The number of carboxylic acids is 1. The Bertz CT molecular complexity index is 944. The zero-order chi connectivity index (χ0) is 19.2. The van der Waals surface area contributed by atoms with Crippen molar-refractivity contribution in [1.82, 2.24) is 4.98 Å². The van der Waals surface area contributed by atoms with E-state index < -0.39 is 5.97 Å². The number of rotatable bonds is 8. The topological polar surface area (TPSA) is 68.7 Å². The second-order valence-corrected chi connectivity index (χ2v) is 6.92. The molecule has 0 atom stereocenters. The van der Waals surface area contributed by atoms with Crippen molar-refractivity contribution < 1.29 is 19.4 Å². The number of aliphatic carboxylic acids is 1. The maximum atomic E-state index is 11.1. The van der Waals surface area contributed by atoms with Gasteiger partial charge < -0.3 is 14.6 Å². The highest BCUT2D eigenvalue weighted by atomic mass is 32.1. The SMILES string of the molecule is CCOc1cc(/C=C(/CCC(=O)O)c2nc3ccccc3s2)ccc1OC. The zero-order valence-corrected chi connectivity index (χ0v) is 16.1. The minimum Gasteiger partial charge on any atom is -0.493 e. The van der Waals surface area contributed by atoms with Gasteiger partial charge in [-0.15, -0.1) is 11.3 Å². The van der Waals surface area contributed by atoms with Gasteiger partial charge in [0.2, 0.25) is 0 Å². The van der Waals surface area contributed by atoms with Crippen LogP contribution in [-0.4, -0.2) is 29.8 Å². The number of fused-ring (bicyclic) bond motifs is 1. The van der Waals surface area contributed by atoms with Crippen LogP contribution in [-0.2, 0) is 4.79 Å². The fraction of sp³-hybridized carbons (Fsp3) is 0.238. The minimum atomic E-state index is -0.827. The molecule has 0 saturated heterocycles. The van der Waals surface area contributed by atoms with Crippen LogP contribution in [0.5, 0.6) is 11.5 Å². The van der Waals surface area contributed by atoms with Crippen molar-refractivity contribution >= 4 is 39.2 Å². The second kappa shape index (κ2) is 8.68. The van der Waals surface area contributed by atoms with Gasteiger partial charge >= 0.3 is 5.97 Å². The van der Waals surface area contributed by atoms with Gasteiger partial charge in [0.25, 0.3) is 0 Å². The summed E-state index contributed by atoms with van der Waals surface area (Å²) in [6, 6.07) is 13.6. The third-order valence-corrected chi connectivity index (χ3v) is 5.12. The van der Waals surface area contributed by atoms with Crippen LogP contribution in [0, 0.1) is 0 Å². The van der Waals surface area contributed by atoms with Crippen molar-refractivity contribution in [3.8, 4) is 11.5 Å². The van der Waals surface area contributed by atoms with Crippen LogP contribution < -0.4 is 9.47 Å². The van der Waals surface area contributed by atoms with Gasteiger partial charge in [-0.2, -0.15) is 0 Å². The lowest BCUT2D eigenvalue weighted by atomic mass is 10.1. The van der Waals surface area contributed by atoms with E-state index in [0.717, 1.165) is 26.4 Å². The van der Waals surface area contributed by atoms with Gasteiger partial charge in [0.05, 0.1) is 23.9 Å². The summed E-state index contributed by atoms with van der Waals surface area (Å²) in [5.41, 5.74) is 2.73. The van der Waals surface area contributed by atoms with Crippen molar-refractivity contribution in [2.45, 2.75) is 19.8 Å². The van der Waals surface area contributed by atoms with Gasteiger partial charge in [0.1, 0.15) is 5.01 Å². The van der Waals surface area contributed by atoms with E-state index in [-0.39, 0.29) is 6.42 Å². The van der Waals surface area contributed by atoms with Gasteiger partial charge in [-0.05, 0) is 54.8 Å². The van der Waals surface area contributed by atoms with Crippen LogP contribution in [0.2, 0.25) is 0 Å². The fourth-order valence-corrected chi connectivity index (χ4v) is 3.75. The van der Waals surface area contributed by atoms with Crippen molar-refractivity contribution in [3.05, 3.63) is 53.0 Å². The lowest BCUT2D eigenvalue weighted by Gasteiger charge is -2.10. The number of benzene rings is 2. The Morgan fingerprint density at radius 1 is 1.19 bits per heavy atom. The molecule has 0 radical (unpaired) electrons. The summed E-state index contributed by atoms with van der Waals surface area (Å²) >= 11 is 1.57. The molecule has 0 spiro atoms. The molecule has 0 aliphatic rings. The molecule has 0 saturated carbocycles. The molecule has 0 aliphatic carbocycles. The second-order valence-electron chi connectivity index (χ2n) is 5.89. The van der Waals surface area contributed by atoms with E-state index >= 15 is 0 Å². The molecule has 1 aromatic heterocycles. The number of hydrogen-bond donors (Lipinski definition) is 1. The standard InChI is InChI=1S/C21H21NO4S/c1-3-26-18-13-14(8-10-17(18)25-2)12-15(9-11-20(23)24)21-22-16-6-4-5-7-19(16)27-21/h4-8,10,12-13H,3,9,11H2,1-2H3,(H,23,24)/b15-12-. The average Bonchev–Trinajstić information content (AvgIpc) is 3.09. The molecular weight excluding hydrogens is 362 g/mol. The van der Waals surface area contributed by atoms with Crippen LogP contribution in [0.15, 0.2) is 42.5 Å². The van der Waals surface area contributed by atoms with Crippen LogP contribution in [0.1, 0.15) is 30.3 Å². The van der Waals surface area contributed by atoms with Crippen LogP contribution in [0.25, 0.3) is 21.9 Å². The Morgan fingerprint density at radius 3 is 2.70 bits per heavy atom. The molecule has 27 heavy (non-hydrogen) atoms. The third-order valence-electron chi connectivity index (χ3n) is 4.01. The summed E-state index contributed by atoms with van der Waals surface area (Å²) in [6.45, 7) is 2.45. The van der Waals surface area contributed by atoms with Crippen LogP contribution in [0.3, 0.4) is 0 Å². The number of allylic oxidation sites excluding steroid dienone is 1. The number of ether oxygens (including phenoxy) is 2. The summed E-state index contributed by atoms with van der Waals surface area (Å²) in [6.07, 6.45) is 2.43. The first kappa shape index (κ1) is 18.9. The average molecular weight is 383 g/mol. The predicted octanol–water partition coefficient (Wildman–Crippen LogP) is 5.11. The summed E-state index contributed by atoms with van der Waals surface area (Å²) in [7, 11) is 1.60. The number of aromatic nitrogens is 1. The van der Waals surface area contributed by atoms with Gasteiger partial charge in [0, 0.05) is 6.42 Å². The normalized spacial score (nSPS) is 11.6. The van der Waals surface area contributed by atoms with Crippen LogP contribution in [0.4, 0.5) is 0 Å². The van der Waals surface area contributed by atoms with Gasteiger partial charge in [0.15, 0.2) is 11.5 Å². The lowest BCUT2D eigenvalue weighted by molar-refractivity contribution is -0.136. The van der Waals surface area contributed by atoms with Crippen LogP contribution >= 0.6 is 11.3 Å². The number of nitrogens with zero attached hydrogens (tertiary/aromatic N) is 1. The molecule has 1 heterocycles. The summed E-state index contributed by atoms with van der Waals surface area (Å²) in [4.78, 5) is 15.8. The number of carboxylic acid groups (broad SMARTS) is 1. The van der Waals surface area contributed by atoms with Crippen molar-refractivity contribution in [1.29, 1.82) is 0 Å². The highest BCUT2D eigenvalue weighted by Crippen LogP contribution is 2.33. The van der Waals surface area contributed by atoms with E-state index in [4.69, 9.17) is 14.6 Å². The molecule has 2 aromatic carbocycles. The third kappa shape index (κ3) is 4.65. The number of carbonyl (C=O) groups is 1. The summed E-state index contributed by atoms with van der Waals surface area (Å²) in [5, 5.41) is 9.96. The Balaban J connectivity index is 2.01. The Labute approximate surface area is 161 Å². The van der Waals surface area contributed by atoms with Crippen molar-refractivity contribution in [2.24, 2.45) is 0 Å². The minimum absolute atomic E-state index is 0.0518. The molecular formula is C21H21NO4S. The van der Waals surface area contributed by atoms with E-state index in [1.165, 1.54) is 0 Å². The first-order valence-corrected chi connectivity index (χ1v) is 9.51. The monoisotopic (exact) mass is 383 g/mol. The molecule has 0 aliphatic heterocycles. The van der Waals surface area contributed by atoms with Gasteiger partial charge in [-0.1, -0.05) is 18.2 Å². The molecule has 6 heteroatoms. The molecule has 3 aromatic rings. The van der Waals surface area contributed by atoms with E-state index in [2.05, 4.69) is 4.98 Å². The van der Waals surface area contributed by atoms with E-state index in [1.54, 1.807) is 18.4 Å². The number of thiazole rings is 1. The molecule has 3 rings (SSSR count). The predicted molar refractivity (Wildman–Crippen MR) is 109 cm³/mol. The first-order chi connectivity index (χ1) is 13.1. The number of para-hydroxylation sites is 1. The highest BCUT2D eigenvalue weighted by Gasteiger charge is 2.12.